The van der Waals surface area contributed by atoms with Crippen molar-refractivity contribution in [1.82, 2.24) is 9.55 Å². The lowest BCUT2D eigenvalue weighted by molar-refractivity contribution is 0.0676. The second-order valence-corrected chi connectivity index (χ2v) is 4.76. The molecule has 4 nitrogen and oxygen atoms in total. The molecular formula is C13H13FN2O2. The number of carbonyl (C=O) groups is 1. The van der Waals surface area contributed by atoms with Gasteiger partial charge in [-0.05, 0) is 30.9 Å². The molecule has 1 N–H and O–H groups in total. The number of para-hydroxylation sites is 1. The van der Waals surface area contributed by atoms with Crippen LogP contribution in [-0.4, -0.2) is 20.6 Å². The lowest BCUT2D eigenvalue weighted by Crippen LogP contribution is -2.20. The highest BCUT2D eigenvalue weighted by Crippen LogP contribution is 2.30. The Morgan fingerprint density at radius 1 is 1.50 bits per heavy atom. The molecule has 0 radical (unpaired) electrons. The van der Waals surface area contributed by atoms with Crippen molar-refractivity contribution in [3.63, 3.8) is 0 Å². The molecule has 0 aliphatic heterocycles. The molecule has 5 heteroatoms. The van der Waals surface area contributed by atoms with Gasteiger partial charge in [0.25, 0.3) is 0 Å². The van der Waals surface area contributed by atoms with E-state index < -0.39 is 11.8 Å². The molecule has 1 aliphatic carbocycles. The fourth-order valence-corrected chi connectivity index (χ4v) is 2.39. The lowest BCUT2D eigenvalue weighted by atomic mass is 9.85. The van der Waals surface area contributed by atoms with Gasteiger partial charge in [-0.25, -0.2) is 14.2 Å². The van der Waals surface area contributed by atoms with Gasteiger partial charge in [0.1, 0.15) is 5.52 Å². The molecule has 1 saturated carbocycles. The van der Waals surface area contributed by atoms with Gasteiger partial charge < -0.3 is 9.67 Å². The number of nitrogens with zero attached hydrogens (tertiary/aromatic N) is 2. The number of hydrogen-bond acceptors (Lipinski definition) is 2. The number of carboxylic acid groups (broad SMARTS) is 1. The van der Waals surface area contributed by atoms with E-state index in [9.17, 15) is 9.18 Å². The second kappa shape index (κ2) is 4.08. The van der Waals surface area contributed by atoms with Crippen LogP contribution in [0.1, 0.15) is 29.9 Å². The van der Waals surface area contributed by atoms with E-state index in [0.29, 0.717) is 18.0 Å². The number of carboxylic acids is 1. The summed E-state index contributed by atoms with van der Waals surface area (Å²) in [5, 5.41) is 9.16. The van der Waals surface area contributed by atoms with E-state index in [-0.39, 0.29) is 11.3 Å². The Morgan fingerprint density at radius 2 is 2.28 bits per heavy atom. The Bertz CT molecular complexity index is 617. The van der Waals surface area contributed by atoms with Crippen LogP contribution in [0.5, 0.6) is 0 Å². The third-order valence-corrected chi connectivity index (χ3v) is 3.59. The van der Waals surface area contributed by atoms with Gasteiger partial charge in [0.2, 0.25) is 5.82 Å². The van der Waals surface area contributed by atoms with Gasteiger partial charge in [-0.3, -0.25) is 0 Å². The smallest absolute Gasteiger partial charge is 0.372 e. The molecule has 94 valence electrons. The zero-order valence-electron chi connectivity index (χ0n) is 9.77. The van der Waals surface area contributed by atoms with Crippen molar-refractivity contribution in [2.45, 2.75) is 25.8 Å². The molecule has 1 aromatic heterocycles. The Balaban J connectivity index is 2.15. The molecule has 18 heavy (non-hydrogen) atoms. The maximum atomic E-state index is 13.6. The van der Waals surface area contributed by atoms with Gasteiger partial charge in [-0.1, -0.05) is 12.5 Å². The summed E-state index contributed by atoms with van der Waals surface area (Å²) in [6.07, 6.45) is 3.40. The van der Waals surface area contributed by atoms with Crippen LogP contribution in [0.25, 0.3) is 11.0 Å². The van der Waals surface area contributed by atoms with E-state index in [0.717, 1.165) is 12.8 Å². The minimum absolute atomic E-state index is 0.0676. The molecule has 0 saturated heterocycles. The Hall–Kier alpha value is -1.91. The summed E-state index contributed by atoms with van der Waals surface area (Å²) in [4.78, 5) is 15.1. The number of fused-ring (bicyclic) bond motifs is 1. The zero-order chi connectivity index (χ0) is 12.7. The molecule has 1 heterocycles. The van der Waals surface area contributed by atoms with Crippen molar-refractivity contribution in [3.05, 3.63) is 29.8 Å². The van der Waals surface area contributed by atoms with Crippen LogP contribution < -0.4 is 0 Å². The highest BCUT2D eigenvalue weighted by atomic mass is 19.1. The number of hydrogen-bond donors (Lipinski definition) is 1. The van der Waals surface area contributed by atoms with Crippen molar-refractivity contribution < 1.29 is 14.3 Å². The summed E-state index contributed by atoms with van der Waals surface area (Å²) in [5.74, 6) is -1.15. The summed E-state index contributed by atoms with van der Waals surface area (Å²) in [7, 11) is 0. The zero-order valence-corrected chi connectivity index (χ0v) is 9.77. The third-order valence-electron chi connectivity index (χ3n) is 3.59. The summed E-state index contributed by atoms with van der Waals surface area (Å²) in [6.45, 7) is 0.613. The molecule has 0 spiro atoms. The van der Waals surface area contributed by atoms with Gasteiger partial charge in [-0.2, -0.15) is 0 Å². The Kier molecular flexibility index (Phi) is 2.54. The predicted octanol–water partition coefficient (Wildman–Crippen LogP) is 2.67. The van der Waals surface area contributed by atoms with Crippen LogP contribution in [0, 0.1) is 11.7 Å². The van der Waals surface area contributed by atoms with E-state index in [2.05, 4.69) is 4.98 Å². The first kappa shape index (κ1) is 11.2. The number of benzene rings is 1. The monoisotopic (exact) mass is 248 g/mol. The van der Waals surface area contributed by atoms with Gasteiger partial charge in [0.15, 0.2) is 5.82 Å². The van der Waals surface area contributed by atoms with Gasteiger partial charge in [0, 0.05) is 6.54 Å². The maximum Gasteiger partial charge on any atom is 0.372 e. The van der Waals surface area contributed by atoms with Crippen molar-refractivity contribution >= 4 is 17.0 Å². The molecule has 2 aromatic rings. The summed E-state index contributed by atoms with van der Waals surface area (Å²) in [5.41, 5.74) is 0.716. The predicted molar refractivity (Wildman–Crippen MR) is 64.0 cm³/mol. The normalized spacial score (nSPS) is 15.8. The molecule has 1 aliphatic rings. The van der Waals surface area contributed by atoms with E-state index in [1.54, 1.807) is 16.7 Å². The number of halogens is 1. The molecule has 1 aromatic carbocycles. The molecule has 0 atom stereocenters. The molecule has 0 unspecified atom stereocenters. The van der Waals surface area contributed by atoms with Crippen LogP contribution in [0.3, 0.4) is 0 Å². The van der Waals surface area contributed by atoms with E-state index in [1.807, 2.05) is 0 Å². The number of aromatic carboxylic acids is 1. The summed E-state index contributed by atoms with van der Waals surface area (Å²) in [6, 6.07) is 4.60. The number of aromatic nitrogens is 2. The maximum absolute atomic E-state index is 13.6. The standard InChI is InChI=1S/C13H13FN2O2/c14-9-5-2-6-10-11(9)15-12(13(17)18)16(10)7-8-3-1-4-8/h2,5-6,8H,1,3-4,7H2,(H,17,18). The first-order valence-corrected chi connectivity index (χ1v) is 6.05. The van der Waals surface area contributed by atoms with Crippen LogP contribution in [0.15, 0.2) is 18.2 Å². The van der Waals surface area contributed by atoms with E-state index in [4.69, 9.17) is 5.11 Å². The second-order valence-electron chi connectivity index (χ2n) is 4.76. The van der Waals surface area contributed by atoms with Crippen LogP contribution >= 0.6 is 0 Å². The first-order valence-electron chi connectivity index (χ1n) is 6.05. The molecule has 0 bridgehead atoms. The fourth-order valence-electron chi connectivity index (χ4n) is 2.39. The van der Waals surface area contributed by atoms with Crippen molar-refractivity contribution in [2.24, 2.45) is 5.92 Å². The van der Waals surface area contributed by atoms with Crippen LogP contribution in [0.4, 0.5) is 4.39 Å². The summed E-state index contributed by atoms with van der Waals surface area (Å²) < 4.78 is 15.2. The fraction of sp³-hybridized carbons (Fsp3) is 0.385. The molecule has 1 fully saturated rings. The van der Waals surface area contributed by atoms with Crippen LogP contribution in [0.2, 0.25) is 0 Å². The third kappa shape index (κ3) is 1.66. The van der Waals surface area contributed by atoms with E-state index >= 15 is 0 Å². The van der Waals surface area contributed by atoms with Crippen molar-refractivity contribution in [1.29, 1.82) is 0 Å². The highest BCUT2D eigenvalue weighted by molar-refractivity contribution is 5.90. The first-order chi connectivity index (χ1) is 8.66. The number of rotatable bonds is 3. The SMILES string of the molecule is O=C(O)c1nc2c(F)cccc2n1CC1CCC1. The van der Waals surface area contributed by atoms with Gasteiger partial charge in [-0.15, -0.1) is 0 Å². The highest BCUT2D eigenvalue weighted by Gasteiger charge is 2.24. The van der Waals surface area contributed by atoms with E-state index in [1.165, 1.54) is 12.5 Å². The number of imidazole rings is 1. The largest absolute Gasteiger partial charge is 0.475 e. The average molecular weight is 248 g/mol. The molecular weight excluding hydrogens is 235 g/mol. The van der Waals surface area contributed by atoms with Gasteiger partial charge >= 0.3 is 5.97 Å². The Morgan fingerprint density at radius 3 is 2.89 bits per heavy atom. The minimum Gasteiger partial charge on any atom is -0.475 e. The lowest BCUT2D eigenvalue weighted by Gasteiger charge is -2.26. The average Bonchev–Trinajstić information content (AvgIpc) is 2.64. The van der Waals surface area contributed by atoms with Crippen molar-refractivity contribution in [2.75, 3.05) is 0 Å². The van der Waals surface area contributed by atoms with Crippen molar-refractivity contribution in [3.8, 4) is 0 Å². The minimum atomic E-state index is -1.11. The summed E-state index contributed by atoms with van der Waals surface area (Å²) >= 11 is 0. The Labute approximate surface area is 103 Å². The molecule has 3 rings (SSSR count). The molecule has 0 amide bonds. The van der Waals surface area contributed by atoms with Gasteiger partial charge in [0.05, 0.1) is 5.52 Å². The topological polar surface area (TPSA) is 55.1 Å². The quantitative estimate of drug-likeness (QED) is 0.908. The van der Waals surface area contributed by atoms with Crippen LogP contribution in [-0.2, 0) is 6.54 Å².